The van der Waals surface area contributed by atoms with Gasteiger partial charge in [0.25, 0.3) is 11.8 Å². The molecule has 1 fully saturated rings. The lowest BCUT2D eigenvalue weighted by Gasteiger charge is -2.28. The first kappa shape index (κ1) is 21.0. The van der Waals surface area contributed by atoms with E-state index in [0.29, 0.717) is 11.6 Å². The number of benzene rings is 2. The maximum Gasteiger partial charge on any atom is 0.268 e. The van der Waals surface area contributed by atoms with Gasteiger partial charge in [0, 0.05) is 18.2 Å². The summed E-state index contributed by atoms with van der Waals surface area (Å²) in [5.74, 6) is -1.41. The van der Waals surface area contributed by atoms with Gasteiger partial charge in [-0.2, -0.15) is 0 Å². The third-order valence-corrected chi connectivity index (χ3v) is 4.96. The topological polar surface area (TPSA) is 111 Å². The molecule has 7 nitrogen and oxygen atoms in total. The molecular formula is C22H27N3O4. The summed E-state index contributed by atoms with van der Waals surface area (Å²) < 4.78 is 0. The predicted molar refractivity (Wildman–Crippen MR) is 109 cm³/mol. The lowest BCUT2D eigenvalue weighted by molar-refractivity contribution is -0.136. The fourth-order valence-corrected chi connectivity index (χ4v) is 3.02. The number of hydrogen-bond donors (Lipinski definition) is 5. The molecule has 2 aromatic carbocycles. The maximum atomic E-state index is 12.5. The van der Waals surface area contributed by atoms with Crippen LogP contribution in [0.3, 0.4) is 0 Å². The predicted octanol–water partition coefficient (Wildman–Crippen LogP) is 1.98. The number of carbonyl (C=O) groups excluding carboxylic acids is 2. The third kappa shape index (κ3) is 5.63. The molecule has 0 aromatic heterocycles. The largest absolute Gasteiger partial charge is 0.388 e. The van der Waals surface area contributed by atoms with E-state index in [-0.39, 0.29) is 0 Å². The zero-order valence-electron chi connectivity index (χ0n) is 16.6. The number of hydrogen-bond acceptors (Lipinski definition) is 5. The molecular weight excluding hydrogens is 370 g/mol. The van der Waals surface area contributed by atoms with Crippen LogP contribution >= 0.6 is 0 Å². The van der Waals surface area contributed by atoms with E-state index in [9.17, 15) is 14.7 Å². The van der Waals surface area contributed by atoms with Crippen LogP contribution in [0, 0.1) is 0 Å². The van der Waals surface area contributed by atoms with Gasteiger partial charge in [-0.15, -0.1) is 0 Å². The Balaban J connectivity index is 1.65. The van der Waals surface area contributed by atoms with Crippen LogP contribution in [-0.2, 0) is 11.3 Å². The van der Waals surface area contributed by atoms with Crippen LogP contribution in [-0.4, -0.2) is 39.8 Å². The van der Waals surface area contributed by atoms with Crippen LogP contribution in [0.2, 0.25) is 0 Å². The van der Waals surface area contributed by atoms with E-state index in [4.69, 9.17) is 5.21 Å². The normalized spacial score (nSPS) is 14.9. The van der Waals surface area contributed by atoms with Gasteiger partial charge in [-0.25, -0.2) is 5.48 Å². The average Bonchev–Trinajstić information content (AvgIpc) is 3.54. The van der Waals surface area contributed by atoms with Gasteiger partial charge in [0.1, 0.15) is 6.04 Å². The van der Waals surface area contributed by atoms with Gasteiger partial charge >= 0.3 is 0 Å². The molecule has 0 bridgehead atoms. The molecule has 0 aliphatic heterocycles. The molecule has 3 rings (SSSR count). The van der Waals surface area contributed by atoms with Crippen LogP contribution in [0.4, 0.5) is 0 Å². The Hall–Kier alpha value is -2.74. The van der Waals surface area contributed by atoms with E-state index in [1.165, 1.54) is 37.7 Å². The highest BCUT2D eigenvalue weighted by Gasteiger charge is 2.34. The van der Waals surface area contributed by atoms with Crippen LogP contribution in [0.1, 0.15) is 42.6 Å². The summed E-state index contributed by atoms with van der Waals surface area (Å²) >= 11 is 0. The van der Waals surface area contributed by atoms with Crippen LogP contribution < -0.4 is 16.1 Å². The minimum atomic E-state index is -1.54. The zero-order valence-corrected chi connectivity index (χ0v) is 16.6. The van der Waals surface area contributed by atoms with Crippen LogP contribution in [0.25, 0.3) is 11.1 Å². The molecule has 29 heavy (non-hydrogen) atoms. The fourth-order valence-electron chi connectivity index (χ4n) is 3.02. The van der Waals surface area contributed by atoms with Gasteiger partial charge in [-0.05, 0) is 55.5 Å². The lowest BCUT2D eigenvalue weighted by Crippen LogP contribution is -2.57. The highest BCUT2D eigenvalue weighted by molar-refractivity contribution is 5.98. The molecule has 2 aromatic rings. The second-order valence-corrected chi connectivity index (χ2v) is 7.97. The molecule has 1 saturated carbocycles. The molecule has 0 radical (unpaired) electrons. The summed E-state index contributed by atoms with van der Waals surface area (Å²) in [6, 6.07) is 14.6. The Morgan fingerprint density at radius 2 is 1.59 bits per heavy atom. The first-order chi connectivity index (χ1) is 13.8. The van der Waals surface area contributed by atoms with Crippen LogP contribution in [0.5, 0.6) is 0 Å². The monoisotopic (exact) mass is 397 g/mol. The number of carbonyl (C=O) groups is 2. The second-order valence-electron chi connectivity index (χ2n) is 7.97. The number of hydroxylamine groups is 1. The Kier molecular flexibility index (Phi) is 6.32. The third-order valence-electron chi connectivity index (χ3n) is 4.96. The molecule has 154 valence electrons. The van der Waals surface area contributed by atoms with Crippen molar-refractivity contribution in [1.82, 2.24) is 16.1 Å². The highest BCUT2D eigenvalue weighted by atomic mass is 16.5. The molecule has 2 amide bonds. The molecule has 7 heteroatoms. The summed E-state index contributed by atoms with van der Waals surface area (Å²) in [6.45, 7) is 3.62. The molecule has 0 unspecified atom stereocenters. The van der Waals surface area contributed by atoms with E-state index in [1.54, 1.807) is 12.1 Å². The molecule has 1 atom stereocenters. The fraction of sp³-hybridized carbons (Fsp3) is 0.364. The van der Waals surface area contributed by atoms with Gasteiger partial charge in [0.15, 0.2) is 0 Å². The van der Waals surface area contributed by atoms with Crippen molar-refractivity contribution in [2.45, 2.75) is 50.9 Å². The molecule has 1 aliphatic rings. The quantitative estimate of drug-likeness (QED) is 0.346. The zero-order chi connectivity index (χ0) is 21.0. The molecule has 0 spiro atoms. The number of amides is 2. The van der Waals surface area contributed by atoms with Crippen molar-refractivity contribution in [3.63, 3.8) is 0 Å². The number of rotatable bonds is 8. The summed E-state index contributed by atoms with van der Waals surface area (Å²) in [6.07, 6.45) is 2.53. The van der Waals surface area contributed by atoms with Crippen molar-refractivity contribution >= 4 is 11.8 Å². The van der Waals surface area contributed by atoms with Crippen molar-refractivity contribution in [2.75, 3.05) is 0 Å². The Bertz CT molecular complexity index is 853. The van der Waals surface area contributed by atoms with E-state index in [1.807, 2.05) is 12.1 Å². The maximum absolute atomic E-state index is 12.5. The molecule has 0 saturated heterocycles. The van der Waals surface area contributed by atoms with Gasteiger partial charge in [0.2, 0.25) is 0 Å². The first-order valence-corrected chi connectivity index (χ1v) is 9.68. The summed E-state index contributed by atoms with van der Waals surface area (Å²) in [5, 5.41) is 24.8. The second kappa shape index (κ2) is 8.73. The average molecular weight is 397 g/mol. The smallest absolute Gasteiger partial charge is 0.268 e. The van der Waals surface area contributed by atoms with Crippen LogP contribution in [0.15, 0.2) is 48.5 Å². The summed E-state index contributed by atoms with van der Waals surface area (Å²) in [7, 11) is 0. The van der Waals surface area contributed by atoms with Gasteiger partial charge in [0.05, 0.1) is 5.60 Å². The van der Waals surface area contributed by atoms with Crippen molar-refractivity contribution in [3.05, 3.63) is 59.7 Å². The Morgan fingerprint density at radius 1 is 1.03 bits per heavy atom. The number of aliphatic hydroxyl groups is 1. The van der Waals surface area contributed by atoms with Gasteiger partial charge < -0.3 is 15.7 Å². The number of nitrogens with one attached hydrogen (secondary N) is 3. The van der Waals surface area contributed by atoms with E-state index in [0.717, 1.165) is 17.7 Å². The summed E-state index contributed by atoms with van der Waals surface area (Å²) in [5.41, 5.74) is 3.51. The van der Waals surface area contributed by atoms with E-state index >= 15 is 0 Å². The van der Waals surface area contributed by atoms with Gasteiger partial charge in [-0.1, -0.05) is 36.4 Å². The van der Waals surface area contributed by atoms with Crippen molar-refractivity contribution < 1.29 is 19.9 Å². The molecule has 1 aliphatic carbocycles. The highest BCUT2D eigenvalue weighted by Crippen LogP contribution is 2.22. The van der Waals surface area contributed by atoms with E-state index < -0.39 is 23.5 Å². The minimum Gasteiger partial charge on any atom is -0.388 e. The Morgan fingerprint density at radius 3 is 2.07 bits per heavy atom. The lowest BCUT2D eigenvalue weighted by atomic mass is 9.97. The minimum absolute atomic E-state index is 0.346. The molecule has 5 N–H and O–H groups in total. The first-order valence-electron chi connectivity index (χ1n) is 9.68. The molecule has 0 heterocycles. The van der Waals surface area contributed by atoms with Gasteiger partial charge in [-0.3, -0.25) is 14.8 Å². The van der Waals surface area contributed by atoms with Crippen molar-refractivity contribution in [2.24, 2.45) is 0 Å². The SMILES string of the molecule is CC(C)(O)[C@H](NC(=O)c1ccc(-c2ccc(CNC3CC3)cc2)cc1)C(=O)NO. The van der Waals surface area contributed by atoms with E-state index in [2.05, 4.69) is 34.9 Å². The standard InChI is InChI=1S/C22H27N3O4/c1-22(2,28)19(21(27)25-29)24-20(26)17-9-7-16(8-10-17)15-5-3-14(4-6-15)13-23-18-11-12-18/h3-10,18-19,23,28-29H,11-13H2,1-2H3,(H,24,26)(H,25,27)/t19-/m1/s1. The summed E-state index contributed by atoms with van der Waals surface area (Å²) in [4.78, 5) is 24.2. The van der Waals surface area contributed by atoms with Crippen molar-refractivity contribution in [1.29, 1.82) is 0 Å². The Labute approximate surface area is 170 Å². The van der Waals surface area contributed by atoms with Crippen molar-refractivity contribution in [3.8, 4) is 11.1 Å².